The van der Waals surface area contributed by atoms with Crippen molar-refractivity contribution in [3.63, 3.8) is 0 Å². The molecule has 3 aromatic carbocycles. The lowest BCUT2D eigenvalue weighted by molar-refractivity contribution is -0.275. The zero-order valence-corrected chi connectivity index (χ0v) is 25.2. The van der Waals surface area contributed by atoms with Gasteiger partial charge in [-0.05, 0) is 92.8 Å². The lowest BCUT2D eigenvalue weighted by Gasteiger charge is -2.47. The molecule has 0 radical (unpaired) electrons. The van der Waals surface area contributed by atoms with Crippen LogP contribution in [0.15, 0.2) is 72.8 Å². The van der Waals surface area contributed by atoms with Gasteiger partial charge >= 0.3 is 12.7 Å². The summed E-state index contributed by atoms with van der Waals surface area (Å²) < 4.78 is 102. The van der Waals surface area contributed by atoms with Crippen molar-refractivity contribution in [1.29, 1.82) is 0 Å². The maximum absolute atomic E-state index is 12.8. The second kappa shape index (κ2) is 13.2. The third-order valence-corrected chi connectivity index (χ3v) is 8.10. The molecule has 13 heteroatoms. The smallest absolute Gasteiger partial charge is 0.491 e. The molecule has 3 aromatic rings. The van der Waals surface area contributed by atoms with Crippen molar-refractivity contribution in [2.24, 2.45) is 5.41 Å². The van der Waals surface area contributed by atoms with Crippen LogP contribution < -0.4 is 19.1 Å². The third-order valence-electron chi connectivity index (χ3n) is 8.10. The van der Waals surface area contributed by atoms with Gasteiger partial charge in [0, 0.05) is 24.3 Å². The van der Waals surface area contributed by atoms with Gasteiger partial charge < -0.3 is 33.7 Å². The molecule has 0 amide bonds. The van der Waals surface area contributed by atoms with Crippen LogP contribution in [0.4, 0.5) is 32.0 Å². The van der Waals surface area contributed by atoms with Crippen molar-refractivity contribution in [2.75, 3.05) is 31.3 Å². The zero-order chi connectivity index (χ0) is 33.2. The maximum atomic E-state index is 12.8. The summed E-state index contributed by atoms with van der Waals surface area (Å²) in [5.41, 5.74) is 1.55. The molecule has 1 N–H and O–H groups in total. The number of piperidine rings is 1. The molecular weight excluding hydrogens is 620 g/mol. The monoisotopic (exact) mass is 655 g/mol. The van der Waals surface area contributed by atoms with Gasteiger partial charge in [0.1, 0.15) is 30.0 Å². The van der Waals surface area contributed by atoms with Crippen LogP contribution in [0.2, 0.25) is 0 Å². The molecular formula is C33H35F6NO6. The molecule has 2 saturated heterocycles. The van der Waals surface area contributed by atoms with Gasteiger partial charge in [0.05, 0.1) is 12.6 Å². The first kappa shape index (κ1) is 33.7. The lowest BCUT2D eigenvalue weighted by atomic mass is 9.70. The van der Waals surface area contributed by atoms with E-state index in [4.69, 9.17) is 14.2 Å². The van der Waals surface area contributed by atoms with Crippen molar-refractivity contribution in [1.82, 2.24) is 0 Å². The molecule has 3 atom stereocenters. The summed E-state index contributed by atoms with van der Waals surface area (Å²) in [6.45, 7) is 4.63. The molecule has 0 spiro atoms. The molecule has 5 rings (SSSR count). The number of rotatable bonds is 10. The van der Waals surface area contributed by atoms with Gasteiger partial charge in [-0.2, -0.15) is 0 Å². The minimum absolute atomic E-state index is 0.168. The van der Waals surface area contributed by atoms with Crippen molar-refractivity contribution < 1.29 is 55.1 Å². The number of ether oxygens (including phenoxy) is 5. The number of aliphatic hydroxyl groups is 1. The van der Waals surface area contributed by atoms with Gasteiger partial charge in [0.15, 0.2) is 5.79 Å². The van der Waals surface area contributed by atoms with E-state index >= 15 is 0 Å². The Balaban J connectivity index is 1.36. The summed E-state index contributed by atoms with van der Waals surface area (Å²) in [7, 11) is 0. The molecule has 46 heavy (non-hydrogen) atoms. The maximum Gasteiger partial charge on any atom is 0.573 e. The SMILES string of the molecule is CC1(C)OCC(COc2cccc(CC3(CO)CCN(c4ccc(OC(F)(F)F)cc4)C(c4ccc(OC(F)(F)F)cc4)C3)c2)O1. The predicted molar refractivity (Wildman–Crippen MR) is 156 cm³/mol. The molecule has 3 unspecified atom stereocenters. The Morgan fingerprint density at radius 1 is 0.870 bits per heavy atom. The average molecular weight is 656 g/mol. The average Bonchev–Trinajstić information content (AvgIpc) is 3.34. The molecule has 250 valence electrons. The highest BCUT2D eigenvalue weighted by Crippen LogP contribution is 2.46. The Bertz CT molecular complexity index is 1450. The van der Waals surface area contributed by atoms with Crippen LogP contribution in [0.3, 0.4) is 0 Å². The van der Waals surface area contributed by atoms with Crippen LogP contribution in [0.5, 0.6) is 17.2 Å². The Kier molecular flexibility index (Phi) is 9.67. The summed E-state index contributed by atoms with van der Waals surface area (Å²) in [6, 6.07) is 18.0. The molecule has 2 fully saturated rings. The third kappa shape index (κ3) is 8.98. The predicted octanol–water partition coefficient (Wildman–Crippen LogP) is 7.58. The standard InChI is InChI=1S/C33H35F6NO6/c1-30(2)43-20-28(44-30)19-42-27-5-3-4-22(16-27)17-31(21-41)14-15-40(24-8-12-26(13-9-24)46-33(37,38)39)29(18-31)23-6-10-25(11-7-23)45-32(34,35)36/h3-13,16,28-29,41H,14-15,17-21H2,1-2H3. The second-order valence-corrected chi connectivity index (χ2v) is 12.1. The molecule has 2 aliphatic rings. The second-order valence-electron chi connectivity index (χ2n) is 12.1. The van der Waals surface area contributed by atoms with E-state index < -0.39 is 30.0 Å². The van der Waals surface area contributed by atoms with Crippen molar-refractivity contribution in [2.45, 2.75) is 63.8 Å². The van der Waals surface area contributed by atoms with E-state index in [0.29, 0.717) is 56.0 Å². The number of halogens is 6. The number of nitrogens with zero attached hydrogens (tertiary/aromatic N) is 1. The van der Waals surface area contributed by atoms with Gasteiger partial charge in [-0.3, -0.25) is 0 Å². The van der Waals surface area contributed by atoms with E-state index in [2.05, 4.69) is 9.47 Å². The van der Waals surface area contributed by atoms with E-state index in [9.17, 15) is 31.4 Å². The molecule has 0 saturated carbocycles. The summed E-state index contributed by atoms with van der Waals surface area (Å²) in [5, 5.41) is 10.8. The molecule has 0 aliphatic carbocycles. The quantitative estimate of drug-likeness (QED) is 0.226. The van der Waals surface area contributed by atoms with Crippen LogP contribution >= 0.6 is 0 Å². The number of hydrogen-bond donors (Lipinski definition) is 1. The minimum Gasteiger partial charge on any atom is -0.491 e. The first-order valence-electron chi connectivity index (χ1n) is 14.7. The molecule has 0 aromatic heterocycles. The Hall–Kier alpha value is -3.68. The normalized spacial score (nSPS) is 23.3. The summed E-state index contributed by atoms with van der Waals surface area (Å²) in [6.07, 6.45) is -8.49. The van der Waals surface area contributed by atoms with Crippen molar-refractivity contribution in [3.05, 3.63) is 83.9 Å². The minimum atomic E-state index is -4.85. The van der Waals surface area contributed by atoms with E-state index in [1.54, 1.807) is 0 Å². The topological polar surface area (TPSA) is 69.6 Å². The molecule has 2 heterocycles. The zero-order valence-electron chi connectivity index (χ0n) is 25.2. The van der Waals surface area contributed by atoms with Crippen molar-refractivity contribution >= 4 is 5.69 Å². The first-order chi connectivity index (χ1) is 21.6. The van der Waals surface area contributed by atoms with Crippen LogP contribution in [0, 0.1) is 5.41 Å². The highest BCUT2D eigenvalue weighted by atomic mass is 19.4. The van der Waals surface area contributed by atoms with E-state index in [0.717, 1.165) is 5.56 Å². The van der Waals surface area contributed by atoms with Crippen LogP contribution in [0.25, 0.3) is 0 Å². The fraction of sp³-hybridized carbons (Fsp3) is 0.455. The Morgan fingerprint density at radius 2 is 1.50 bits per heavy atom. The van der Waals surface area contributed by atoms with E-state index in [1.165, 1.54) is 48.5 Å². The van der Waals surface area contributed by atoms with Gasteiger partial charge in [-0.1, -0.05) is 24.3 Å². The highest BCUT2D eigenvalue weighted by Gasteiger charge is 2.41. The van der Waals surface area contributed by atoms with Crippen molar-refractivity contribution in [3.8, 4) is 17.2 Å². The lowest BCUT2D eigenvalue weighted by Crippen LogP contribution is -2.45. The highest BCUT2D eigenvalue weighted by molar-refractivity contribution is 5.52. The summed E-state index contributed by atoms with van der Waals surface area (Å²) in [4.78, 5) is 1.97. The van der Waals surface area contributed by atoms with Gasteiger partial charge in [0.2, 0.25) is 0 Å². The largest absolute Gasteiger partial charge is 0.573 e. The number of hydrogen-bond acceptors (Lipinski definition) is 7. The Morgan fingerprint density at radius 3 is 2.07 bits per heavy atom. The molecule has 2 aliphatic heterocycles. The van der Waals surface area contributed by atoms with E-state index in [1.807, 2.05) is 43.0 Å². The summed E-state index contributed by atoms with van der Waals surface area (Å²) in [5.74, 6) is -0.787. The van der Waals surface area contributed by atoms with Gasteiger partial charge in [-0.15, -0.1) is 26.3 Å². The van der Waals surface area contributed by atoms with Gasteiger partial charge in [0.25, 0.3) is 0 Å². The summed E-state index contributed by atoms with van der Waals surface area (Å²) >= 11 is 0. The van der Waals surface area contributed by atoms with Crippen LogP contribution in [-0.2, 0) is 15.9 Å². The van der Waals surface area contributed by atoms with Gasteiger partial charge in [-0.25, -0.2) is 0 Å². The molecule has 0 bridgehead atoms. The number of aliphatic hydroxyl groups excluding tert-OH is 1. The fourth-order valence-electron chi connectivity index (χ4n) is 6.05. The van der Waals surface area contributed by atoms with Crippen LogP contribution in [0.1, 0.15) is 43.9 Å². The molecule has 7 nitrogen and oxygen atoms in total. The number of anilines is 1. The number of alkyl halides is 6. The first-order valence-corrected chi connectivity index (χ1v) is 14.7. The number of benzene rings is 3. The Labute approximate surface area is 262 Å². The van der Waals surface area contributed by atoms with Crippen LogP contribution in [-0.4, -0.2) is 56.1 Å². The van der Waals surface area contributed by atoms with E-state index in [-0.39, 0.29) is 24.2 Å². The fourth-order valence-corrected chi connectivity index (χ4v) is 6.05.